The van der Waals surface area contributed by atoms with E-state index < -0.39 is 9.84 Å². The molecule has 0 aliphatic carbocycles. The Hall–Kier alpha value is -1.74. The van der Waals surface area contributed by atoms with Crippen LogP contribution in [0.3, 0.4) is 0 Å². The number of nitrogens with zero attached hydrogens (tertiary/aromatic N) is 6. The number of sulfone groups is 1. The Labute approximate surface area is 129 Å². The Morgan fingerprint density at radius 1 is 1.32 bits per heavy atom. The number of hydrogen-bond donors (Lipinski definition) is 0. The Morgan fingerprint density at radius 3 is 2.86 bits per heavy atom. The Morgan fingerprint density at radius 2 is 2.14 bits per heavy atom. The zero-order chi connectivity index (χ0) is 15.7. The average molecular weight is 324 g/mol. The minimum atomic E-state index is -2.91. The van der Waals surface area contributed by atoms with Gasteiger partial charge in [0, 0.05) is 38.5 Å². The third-order valence-electron chi connectivity index (χ3n) is 3.93. The molecule has 120 valence electrons. The number of piperazine rings is 1. The second-order valence-corrected chi connectivity index (χ2v) is 8.06. The number of fused-ring (bicyclic) bond motifs is 1. The van der Waals surface area contributed by atoms with Crippen LogP contribution < -0.4 is 4.90 Å². The van der Waals surface area contributed by atoms with Crippen molar-refractivity contribution in [1.29, 1.82) is 0 Å². The number of aromatic nitrogens is 4. The summed E-state index contributed by atoms with van der Waals surface area (Å²) in [5, 5.41) is 12.3. The average Bonchev–Trinajstić information content (AvgIpc) is 2.92. The van der Waals surface area contributed by atoms with Crippen LogP contribution in [0.4, 0.5) is 5.82 Å². The van der Waals surface area contributed by atoms with E-state index in [1.165, 1.54) is 6.26 Å². The van der Waals surface area contributed by atoms with Crippen LogP contribution in [0.2, 0.25) is 0 Å². The fourth-order valence-corrected chi connectivity index (χ4v) is 3.33. The zero-order valence-electron chi connectivity index (χ0n) is 12.8. The first-order valence-electron chi connectivity index (χ1n) is 7.26. The highest BCUT2D eigenvalue weighted by molar-refractivity contribution is 7.90. The van der Waals surface area contributed by atoms with Gasteiger partial charge in [0.05, 0.1) is 5.75 Å². The molecule has 3 heterocycles. The van der Waals surface area contributed by atoms with Crippen molar-refractivity contribution >= 4 is 21.3 Å². The van der Waals surface area contributed by atoms with E-state index in [4.69, 9.17) is 0 Å². The Bertz CT molecular complexity index is 759. The highest BCUT2D eigenvalue weighted by Gasteiger charge is 2.25. The van der Waals surface area contributed by atoms with Crippen LogP contribution in [0, 0.1) is 0 Å². The summed E-state index contributed by atoms with van der Waals surface area (Å²) in [7, 11) is -2.91. The van der Waals surface area contributed by atoms with Crippen molar-refractivity contribution in [2.75, 3.05) is 43.1 Å². The van der Waals surface area contributed by atoms with Crippen LogP contribution in [0.25, 0.3) is 5.65 Å². The summed E-state index contributed by atoms with van der Waals surface area (Å²) in [5.41, 5.74) is 0.725. The van der Waals surface area contributed by atoms with E-state index in [-0.39, 0.29) is 11.8 Å². The smallest absolute Gasteiger partial charge is 0.177 e. The van der Waals surface area contributed by atoms with Crippen LogP contribution in [0.1, 0.15) is 6.92 Å². The van der Waals surface area contributed by atoms with E-state index in [2.05, 4.69) is 32.0 Å². The molecule has 0 unspecified atom stereocenters. The molecule has 0 saturated carbocycles. The predicted octanol–water partition coefficient (Wildman–Crippen LogP) is -0.321. The number of rotatable bonds is 4. The lowest BCUT2D eigenvalue weighted by Gasteiger charge is -2.40. The van der Waals surface area contributed by atoms with Crippen LogP contribution in [-0.2, 0) is 9.84 Å². The standard InChI is InChI=1S/C13H20N6O2S/c1-11-9-17(7-8-22(2,20)21)5-6-18(11)13-4-3-12-15-14-10-19(12)16-13/h3-4,10-11H,5-9H2,1-2H3/t11-/m0/s1. The van der Waals surface area contributed by atoms with Crippen molar-refractivity contribution in [3.05, 3.63) is 18.5 Å². The molecule has 0 aromatic carbocycles. The van der Waals surface area contributed by atoms with Crippen LogP contribution in [0.15, 0.2) is 18.5 Å². The summed E-state index contributed by atoms with van der Waals surface area (Å²) in [6, 6.07) is 4.12. The molecule has 0 N–H and O–H groups in total. The van der Waals surface area contributed by atoms with Gasteiger partial charge < -0.3 is 4.90 Å². The summed E-state index contributed by atoms with van der Waals surface area (Å²) < 4.78 is 24.2. The fraction of sp³-hybridized carbons (Fsp3) is 0.615. The van der Waals surface area contributed by atoms with Gasteiger partial charge in [0.25, 0.3) is 0 Å². The van der Waals surface area contributed by atoms with Gasteiger partial charge in [0.15, 0.2) is 5.65 Å². The van der Waals surface area contributed by atoms with Crippen LogP contribution in [0.5, 0.6) is 0 Å². The molecule has 0 bridgehead atoms. The van der Waals surface area contributed by atoms with Gasteiger partial charge in [-0.15, -0.1) is 15.3 Å². The molecule has 1 saturated heterocycles. The fourth-order valence-electron chi connectivity index (χ4n) is 2.74. The molecular weight excluding hydrogens is 304 g/mol. The normalized spacial score (nSPS) is 20.6. The van der Waals surface area contributed by atoms with Gasteiger partial charge in [-0.25, -0.2) is 8.42 Å². The van der Waals surface area contributed by atoms with Crippen molar-refractivity contribution in [3.8, 4) is 0 Å². The summed E-state index contributed by atoms with van der Waals surface area (Å²) >= 11 is 0. The first-order valence-corrected chi connectivity index (χ1v) is 9.32. The second kappa shape index (κ2) is 5.81. The lowest BCUT2D eigenvalue weighted by Crippen LogP contribution is -2.53. The quantitative estimate of drug-likeness (QED) is 0.762. The molecule has 3 rings (SSSR count). The van der Waals surface area contributed by atoms with Gasteiger partial charge >= 0.3 is 0 Å². The van der Waals surface area contributed by atoms with Gasteiger partial charge in [0.1, 0.15) is 22.0 Å². The maximum absolute atomic E-state index is 11.3. The SMILES string of the molecule is C[C@H]1CN(CCS(C)(=O)=O)CCN1c1ccc2nncn2n1. The lowest BCUT2D eigenvalue weighted by atomic mass is 10.2. The highest BCUT2D eigenvalue weighted by Crippen LogP contribution is 2.18. The minimum absolute atomic E-state index is 0.213. The maximum atomic E-state index is 11.3. The topological polar surface area (TPSA) is 83.7 Å². The van der Waals surface area contributed by atoms with E-state index >= 15 is 0 Å². The Balaban J connectivity index is 1.67. The molecule has 2 aromatic rings. The molecule has 2 aromatic heterocycles. The van der Waals surface area contributed by atoms with Gasteiger partial charge in [-0.2, -0.15) is 4.52 Å². The molecule has 1 aliphatic rings. The van der Waals surface area contributed by atoms with E-state index in [0.717, 1.165) is 31.1 Å². The van der Waals surface area contributed by atoms with Crippen molar-refractivity contribution in [3.63, 3.8) is 0 Å². The van der Waals surface area contributed by atoms with E-state index in [9.17, 15) is 8.42 Å². The van der Waals surface area contributed by atoms with Crippen molar-refractivity contribution in [2.24, 2.45) is 0 Å². The van der Waals surface area contributed by atoms with Crippen molar-refractivity contribution in [1.82, 2.24) is 24.7 Å². The molecule has 8 nitrogen and oxygen atoms in total. The molecule has 0 amide bonds. The van der Waals surface area contributed by atoms with Gasteiger partial charge in [-0.1, -0.05) is 0 Å². The molecule has 9 heteroatoms. The molecule has 1 atom stereocenters. The highest BCUT2D eigenvalue weighted by atomic mass is 32.2. The predicted molar refractivity (Wildman–Crippen MR) is 83.7 cm³/mol. The molecule has 1 fully saturated rings. The molecule has 1 aliphatic heterocycles. The zero-order valence-corrected chi connectivity index (χ0v) is 13.6. The molecule has 0 radical (unpaired) electrons. The van der Waals surface area contributed by atoms with Crippen molar-refractivity contribution < 1.29 is 8.42 Å². The summed E-state index contributed by atoms with van der Waals surface area (Å²) in [4.78, 5) is 4.43. The first-order chi connectivity index (χ1) is 10.4. The van der Waals surface area contributed by atoms with Gasteiger partial charge in [0.2, 0.25) is 0 Å². The third-order valence-corrected chi connectivity index (χ3v) is 4.86. The summed E-state index contributed by atoms with van der Waals surface area (Å²) in [6.07, 6.45) is 2.87. The van der Waals surface area contributed by atoms with Crippen LogP contribution in [-0.4, -0.2) is 77.4 Å². The molecular formula is C13H20N6O2S. The van der Waals surface area contributed by atoms with Crippen molar-refractivity contribution in [2.45, 2.75) is 13.0 Å². The summed E-state index contributed by atoms with van der Waals surface area (Å²) in [6.45, 7) is 5.21. The maximum Gasteiger partial charge on any atom is 0.177 e. The number of hydrogen-bond acceptors (Lipinski definition) is 7. The van der Waals surface area contributed by atoms with E-state index in [1.807, 2.05) is 12.1 Å². The first kappa shape index (κ1) is 15.2. The molecule has 22 heavy (non-hydrogen) atoms. The van der Waals surface area contributed by atoms with E-state index in [0.29, 0.717) is 6.54 Å². The third kappa shape index (κ3) is 3.36. The summed E-state index contributed by atoms with van der Waals surface area (Å²) in [5.74, 6) is 1.10. The van der Waals surface area contributed by atoms with Crippen LogP contribution >= 0.6 is 0 Å². The minimum Gasteiger partial charge on any atom is -0.350 e. The Kier molecular flexibility index (Phi) is 4.00. The monoisotopic (exact) mass is 324 g/mol. The van der Waals surface area contributed by atoms with E-state index in [1.54, 1.807) is 10.8 Å². The van der Waals surface area contributed by atoms with Gasteiger partial charge in [-0.3, -0.25) is 4.90 Å². The lowest BCUT2D eigenvalue weighted by molar-refractivity contribution is 0.239. The van der Waals surface area contributed by atoms with Gasteiger partial charge in [-0.05, 0) is 19.1 Å². The molecule has 0 spiro atoms. The second-order valence-electron chi connectivity index (χ2n) is 5.80. The largest absolute Gasteiger partial charge is 0.350 e. The number of anilines is 1.